The Morgan fingerprint density at radius 1 is 1.00 bits per heavy atom. The van der Waals surface area contributed by atoms with E-state index in [1.165, 1.54) is 40.7 Å². The number of amides is 1. The number of hydrogen-bond donors (Lipinski definition) is 1. The number of piperidine rings is 1. The molecular formula is C24H33N3O5S2. The predicted molar refractivity (Wildman–Crippen MR) is 133 cm³/mol. The van der Waals surface area contributed by atoms with Gasteiger partial charge in [0.15, 0.2) is 0 Å². The van der Waals surface area contributed by atoms with Gasteiger partial charge in [-0.2, -0.15) is 4.31 Å². The fourth-order valence-corrected chi connectivity index (χ4v) is 6.85. The van der Waals surface area contributed by atoms with E-state index in [2.05, 4.69) is 5.32 Å². The Kier molecular flexibility index (Phi) is 8.51. The first-order valence-electron chi connectivity index (χ1n) is 11.6. The van der Waals surface area contributed by atoms with Crippen molar-refractivity contribution in [2.75, 3.05) is 25.5 Å². The SMILES string of the molecule is CCCCN(C)S(=O)(=O)c1ccc(C(=O)Nc2ccc(S(=O)(=O)N3CCCCC3C)cc2)cc1. The molecule has 1 atom stereocenters. The largest absolute Gasteiger partial charge is 0.322 e. The van der Waals surface area contributed by atoms with Crippen LogP contribution in [0.3, 0.4) is 0 Å². The molecule has 0 saturated carbocycles. The predicted octanol–water partition coefficient (Wildman–Crippen LogP) is 3.92. The van der Waals surface area contributed by atoms with Crippen molar-refractivity contribution in [3.05, 3.63) is 54.1 Å². The van der Waals surface area contributed by atoms with Crippen molar-refractivity contribution in [1.82, 2.24) is 8.61 Å². The molecule has 1 N–H and O–H groups in total. The molecule has 0 spiro atoms. The second kappa shape index (κ2) is 11.0. The van der Waals surface area contributed by atoms with Gasteiger partial charge in [-0.25, -0.2) is 21.1 Å². The Bertz CT molecular complexity index is 1190. The maximum absolute atomic E-state index is 13.0. The molecule has 10 heteroatoms. The van der Waals surface area contributed by atoms with Crippen LogP contribution in [-0.2, 0) is 20.0 Å². The van der Waals surface area contributed by atoms with E-state index in [4.69, 9.17) is 0 Å². The van der Waals surface area contributed by atoms with Gasteiger partial charge in [-0.1, -0.05) is 19.8 Å². The van der Waals surface area contributed by atoms with Crippen molar-refractivity contribution >= 4 is 31.6 Å². The molecule has 2 aromatic rings. The van der Waals surface area contributed by atoms with E-state index in [0.29, 0.717) is 24.3 Å². The molecule has 1 fully saturated rings. The Hall–Kier alpha value is -2.27. The molecule has 1 amide bonds. The molecule has 1 unspecified atom stereocenters. The lowest BCUT2D eigenvalue weighted by molar-refractivity contribution is 0.102. The summed E-state index contributed by atoms with van der Waals surface area (Å²) in [5.74, 6) is -0.413. The number of rotatable bonds is 9. The third kappa shape index (κ3) is 5.86. The maximum Gasteiger partial charge on any atom is 0.255 e. The number of benzene rings is 2. The topological polar surface area (TPSA) is 104 Å². The zero-order chi connectivity index (χ0) is 24.9. The lowest BCUT2D eigenvalue weighted by Gasteiger charge is -2.32. The third-order valence-corrected chi connectivity index (χ3v) is 10.0. The summed E-state index contributed by atoms with van der Waals surface area (Å²) < 4.78 is 54.0. The summed E-state index contributed by atoms with van der Waals surface area (Å²) in [4.78, 5) is 12.9. The van der Waals surface area contributed by atoms with E-state index in [1.54, 1.807) is 23.5 Å². The highest BCUT2D eigenvalue weighted by Crippen LogP contribution is 2.26. The number of carbonyl (C=O) groups is 1. The molecule has 1 aliphatic heterocycles. The van der Waals surface area contributed by atoms with Crippen molar-refractivity contribution in [2.24, 2.45) is 0 Å². The Labute approximate surface area is 203 Å². The summed E-state index contributed by atoms with van der Waals surface area (Å²) in [6.45, 7) is 4.87. The molecule has 0 aliphatic carbocycles. The van der Waals surface area contributed by atoms with Crippen LogP contribution in [0.1, 0.15) is 56.3 Å². The number of nitrogens with one attached hydrogen (secondary N) is 1. The average molecular weight is 508 g/mol. The summed E-state index contributed by atoms with van der Waals surface area (Å²) in [6, 6.07) is 11.8. The third-order valence-electron chi connectivity index (χ3n) is 6.11. The molecule has 0 bridgehead atoms. The monoisotopic (exact) mass is 507 g/mol. The van der Waals surface area contributed by atoms with Crippen molar-refractivity contribution < 1.29 is 21.6 Å². The fourth-order valence-electron chi connectivity index (χ4n) is 3.94. The molecule has 1 heterocycles. The molecule has 186 valence electrons. The number of anilines is 1. The van der Waals surface area contributed by atoms with Gasteiger partial charge in [0, 0.05) is 37.4 Å². The molecule has 3 rings (SSSR count). The van der Waals surface area contributed by atoms with Gasteiger partial charge in [0.1, 0.15) is 0 Å². The van der Waals surface area contributed by atoms with Crippen LogP contribution < -0.4 is 5.32 Å². The molecule has 0 radical (unpaired) electrons. The summed E-state index contributed by atoms with van der Waals surface area (Å²) in [5, 5.41) is 2.73. The molecule has 2 aromatic carbocycles. The number of carbonyl (C=O) groups excluding carboxylic acids is 1. The van der Waals surface area contributed by atoms with E-state index in [0.717, 1.165) is 32.1 Å². The first-order chi connectivity index (χ1) is 16.1. The number of nitrogens with zero attached hydrogens (tertiary/aromatic N) is 2. The number of sulfonamides is 2. The Morgan fingerprint density at radius 2 is 1.62 bits per heavy atom. The quantitative estimate of drug-likeness (QED) is 0.554. The minimum atomic E-state index is -3.60. The molecule has 1 aliphatic rings. The van der Waals surface area contributed by atoms with Gasteiger partial charge in [0.05, 0.1) is 9.79 Å². The van der Waals surface area contributed by atoms with Crippen LogP contribution in [0.4, 0.5) is 5.69 Å². The first kappa shape index (κ1) is 26.3. The van der Waals surface area contributed by atoms with Crippen LogP contribution in [-0.4, -0.2) is 57.5 Å². The van der Waals surface area contributed by atoms with Crippen LogP contribution in [0, 0.1) is 0 Å². The zero-order valence-electron chi connectivity index (χ0n) is 19.9. The van der Waals surface area contributed by atoms with Crippen LogP contribution in [0.15, 0.2) is 58.3 Å². The van der Waals surface area contributed by atoms with Crippen LogP contribution >= 0.6 is 0 Å². The summed E-state index contributed by atoms with van der Waals surface area (Å²) >= 11 is 0. The second-order valence-corrected chi connectivity index (χ2v) is 12.6. The van der Waals surface area contributed by atoms with Gasteiger partial charge >= 0.3 is 0 Å². The molecule has 0 aromatic heterocycles. The number of unbranched alkanes of at least 4 members (excludes halogenated alkanes) is 1. The van der Waals surface area contributed by atoms with Crippen molar-refractivity contribution in [2.45, 2.75) is 61.8 Å². The van der Waals surface area contributed by atoms with Crippen molar-refractivity contribution in [1.29, 1.82) is 0 Å². The summed E-state index contributed by atoms with van der Waals surface area (Å²) in [6.07, 6.45) is 4.40. The Morgan fingerprint density at radius 3 is 2.21 bits per heavy atom. The van der Waals surface area contributed by atoms with Gasteiger partial charge < -0.3 is 5.32 Å². The average Bonchev–Trinajstić information content (AvgIpc) is 2.83. The Balaban J connectivity index is 1.68. The van der Waals surface area contributed by atoms with E-state index in [-0.39, 0.29) is 15.8 Å². The van der Waals surface area contributed by atoms with Crippen LogP contribution in [0.5, 0.6) is 0 Å². The van der Waals surface area contributed by atoms with Gasteiger partial charge in [-0.05, 0) is 74.7 Å². The first-order valence-corrected chi connectivity index (χ1v) is 14.4. The van der Waals surface area contributed by atoms with Crippen molar-refractivity contribution in [3.8, 4) is 0 Å². The minimum Gasteiger partial charge on any atom is -0.322 e. The van der Waals surface area contributed by atoms with E-state index in [1.807, 2.05) is 13.8 Å². The normalized spacial score (nSPS) is 17.6. The van der Waals surface area contributed by atoms with Gasteiger partial charge in [0.2, 0.25) is 20.0 Å². The molecule has 8 nitrogen and oxygen atoms in total. The minimum absolute atomic E-state index is 0.0312. The number of hydrogen-bond acceptors (Lipinski definition) is 5. The van der Waals surface area contributed by atoms with Gasteiger partial charge in [0.25, 0.3) is 5.91 Å². The highest BCUT2D eigenvalue weighted by molar-refractivity contribution is 7.89. The molecule has 34 heavy (non-hydrogen) atoms. The highest BCUT2D eigenvalue weighted by Gasteiger charge is 2.30. The summed E-state index contributed by atoms with van der Waals surface area (Å²) in [5.41, 5.74) is 0.751. The molecular weight excluding hydrogens is 474 g/mol. The van der Waals surface area contributed by atoms with E-state index >= 15 is 0 Å². The molecule has 1 saturated heterocycles. The lowest BCUT2D eigenvalue weighted by Crippen LogP contribution is -2.41. The van der Waals surface area contributed by atoms with Gasteiger partial charge in [-0.15, -0.1) is 0 Å². The lowest BCUT2D eigenvalue weighted by atomic mass is 10.1. The standard InChI is InChI=1S/C24H33N3O5S2/c1-4-5-17-26(3)33(29,30)22-13-9-20(10-14-22)24(28)25-21-11-15-23(16-12-21)34(31,32)27-18-7-6-8-19(27)2/h9-16,19H,4-8,17-18H2,1-3H3,(H,25,28). The van der Waals surface area contributed by atoms with Crippen LogP contribution in [0.2, 0.25) is 0 Å². The fraction of sp³-hybridized carbons (Fsp3) is 0.458. The zero-order valence-corrected chi connectivity index (χ0v) is 21.5. The smallest absolute Gasteiger partial charge is 0.255 e. The van der Waals surface area contributed by atoms with Crippen LogP contribution in [0.25, 0.3) is 0 Å². The summed E-state index contributed by atoms with van der Waals surface area (Å²) in [7, 11) is -5.64. The highest BCUT2D eigenvalue weighted by atomic mass is 32.2. The van der Waals surface area contributed by atoms with E-state index in [9.17, 15) is 21.6 Å². The maximum atomic E-state index is 13.0. The van der Waals surface area contributed by atoms with Gasteiger partial charge in [-0.3, -0.25) is 4.79 Å². The van der Waals surface area contributed by atoms with Crippen molar-refractivity contribution in [3.63, 3.8) is 0 Å². The second-order valence-electron chi connectivity index (χ2n) is 8.64. The van der Waals surface area contributed by atoms with E-state index < -0.39 is 26.0 Å².